The molecule has 2 N–H and O–H groups in total. The van der Waals surface area contributed by atoms with Crippen LogP contribution in [0.1, 0.15) is 29.1 Å². The normalized spacial score (nSPS) is 17.1. The molecule has 2 atom stereocenters. The van der Waals surface area contributed by atoms with E-state index in [4.69, 9.17) is 33.0 Å². The number of aryl methyl sites for hydroxylation is 1. The Bertz CT molecular complexity index is 1430. The molecule has 0 aliphatic carbocycles. The van der Waals surface area contributed by atoms with E-state index in [-0.39, 0.29) is 24.6 Å². The number of hydrogen-bond donors (Lipinski definition) is 2. The summed E-state index contributed by atoms with van der Waals surface area (Å²) in [5.74, 6) is 1.26. The predicted octanol–water partition coefficient (Wildman–Crippen LogP) is 6.07. The molecule has 0 bridgehead atoms. The number of pyridine rings is 1. The second-order valence-electron chi connectivity index (χ2n) is 8.69. The highest BCUT2D eigenvalue weighted by atomic mass is 35.5. The highest BCUT2D eigenvalue weighted by molar-refractivity contribution is 7.80. The second-order valence-corrected chi connectivity index (χ2v) is 9.51. The minimum absolute atomic E-state index is 0.0103. The Morgan fingerprint density at radius 3 is 2.68 bits per heavy atom. The number of halogens is 1. The zero-order valence-corrected chi connectivity index (χ0v) is 21.8. The summed E-state index contributed by atoms with van der Waals surface area (Å²) in [5, 5.41) is 7.53. The lowest BCUT2D eigenvalue weighted by atomic mass is 10.0. The van der Waals surface area contributed by atoms with Gasteiger partial charge in [-0.2, -0.15) is 0 Å². The lowest BCUT2D eigenvalue weighted by Crippen LogP contribution is -2.29. The molecule has 1 amide bonds. The van der Waals surface area contributed by atoms with Crippen molar-refractivity contribution in [2.45, 2.75) is 19.0 Å². The molecular weight excluding hydrogens is 508 g/mol. The summed E-state index contributed by atoms with van der Waals surface area (Å²) >= 11 is 11.9. The fourth-order valence-electron chi connectivity index (χ4n) is 4.46. The number of ether oxygens (including phenoxy) is 1. The summed E-state index contributed by atoms with van der Waals surface area (Å²) in [6, 6.07) is 22.5. The Kier molecular flexibility index (Phi) is 7.23. The van der Waals surface area contributed by atoms with Gasteiger partial charge in [-0.3, -0.25) is 9.78 Å². The quantitative estimate of drug-likeness (QED) is 0.280. The average molecular weight is 533 g/mol. The third kappa shape index (κ3) is 5.22. The number of furan rings is 1. The van der Waals surface area contributed by atoms with Crippen LogP contribution in [-0.2, 0) is 9.53 Å². The molecule has 188 valence electrons. The van der Waals surface area contributed by atoms with Crippen LogP contribution in [-0.4, -0.2) is 29.7 Å². The fourth-order valence-corrected chi connectivity index (χ4v) is 4.93. The standard InChI is InChI=1S/C28H25ClN4O3S/c1-17-15-20(10-11-21(17)31-25(34)16-35-2)33-27(26(32-28(33)37)22-5-3-4-14-30-22)24-13-12-23(36-24)18-6-8-19(29)9-7-18/h3-15,26-27H,16H2,1-2H3,(H,31,34)(H,32,37)/t26-,27-/m1/s1. The molecule has 3 heterocycles. The fraction of sp³-hybridized carbons (Fsp3) is 0.179. The maximum absolute atomic E-state index is 12.0. The third-order valence-corrected chi connectivity index (χ3v) is 6.75. The minimum atomic E-state index is -0.295. The van der Waals surface area contributed by atoms with Gasteiger partial charge in [0.15, 0.2) is 5.11 Å². The molecule has 7 nitrogen and oxygen atoms in total. The second kappa shape index (κ2) is 10.7. The smallest absolute Gasteiger partial charge is 0.250 e. The molecule has 37 heavy (non-hydrogen) atoms. The summed E-state index contributed by atoms with van der Waals surface area (Å²) in [7, 11) is 1.49. The van der Waals surface area contributed by atoms with E-state index in [1.807, 2.05) is 84.6 Å². The number of nitrogens with one attached hydrogen (secondary N) is 2. The number of anilines is 2. The SMILES string of the molecule is COCC(=O)Nc1ccc(N2C(=S)N[C@H](c3ccccn3)[C@H]2c2ccc(-c3ccc(Cl)cc3)o2)cc1C. The van der Waals surface area contributed by atoms with E-state index in [9.17, 15) is 4.79 Å². The number of methoxy groups -OCH3 is 1. The zero-order chi connectivity index (χ0) is 25.9. The van der Waals surface area contributed by atoms with E-state index < -0.39 is 0 Å². The Morgan fingerprint density at radius 1 is 1.16 bits per heavy atom. The van der Waals surface area contributed by atoms with Crippen LogP contribution in [0, 0.1) is 6.92 Å². The Hall–Kier alpha value is -3.72. The van der Waals surface area contributed by atoms with Gasteiger partial charge in [-0.1, -0.05) is 17.7 Å². The van der Waals surface area contributed by atoms with Gasteiger partial charge >= 0.3 is 0 Å². The lowest BCUT2D eigenvalue weighted by Gasteiger charge is -2.26. The first kappa shape index (κ1) is 25.0. The number of benzene rings is 2. The number of carbonyl (C=O) groups is 1. The van der Waals surface area contributed by atoms with Crippen molar-refractivity contribution in [3.05, 3.63) is 101 Å². The monoisotopic (exact) mass is 532 g/mol. The molecule has 4 aromatic rings. The molecule has 1 saturated heterocycles. The summed E-state index contributed by atoms with van der Waals surface area (Å²) < 4.78 is 11.3. The van der Waals surface area contributed by atoms with Crippen molar-refractivity contribution < 1.29 is 13.9 Å². The number of nitrogens with zero attached hydrogens (tertiary/aromatic N) is 2. The van der Waals surface area contributed by atoms with Crippen molar-refractivity contribution in [3.8, 4) is 11.3 Å². The van der Waals surface area contributed by atoms with Crippen LogP contribution >= 0.6 is 23.8 Å². The van der Waals surface area contributed by atoms with E-state index >= 15 is 0 Å². The van der Waals surface area contributed by atoms with Gasteiger partial charge in [0.2, 0.25) is 5.91 Å². The lowest BCUT2D eigenvalue weighted by molar-refractivity contribution is -0.119. The van der Waals surface area contributed by atoms with Gasteiger partial charge in [0.1, 0.15) is 24.2 Å². The predicted molar refractivity (Wildman–Crippen MR) is 149 cm³/mol. The van der Waals surface area contributed by atoms with Crippen LogP contribution in [0.5, 0.6) is 0 Å². The first-order valence-corrected chi connectivity index (χ1v) is 12.5. The van der Waals surface area contributed by atoms with E-state index in [0.29, 0.717) is 15.8 Å². The van der Waals surface area contributed by atoms with Crippen molar-refractivity contribution in [2.75, 3.05) is 23.9 Å². The number of rotatable bonds is 7. The third-order valence-electron chi connectivity index (χ3n) is 6.18. The molecule has 1 fully saturated rings. The summed E-state index contributed by atoms with van der Waals surface area (Å²) in [4.78, 5) is 18.7. The van der Waals surface area contributed by atoms with Gasteiger partial charge in [0, 0.05) is 35.3 Å². The molecule has 1 aliphatic rings. The molecule has 9 heteroatoms. The first-order chi connectivity index (χ1) is 17.9. The number of aromatic nitrogens is 1. The Labute approximate surface area is 225 Å². The van der Waals surface area contributed by atoms with Crippen molar-refractivity contribution in [1.82, 2.24) is 10.3 Å². The molecule has 2 aromatic carbocycles. The largest absolute Gasteiger partial charge is 0.459 e. The van der Waals surface area contributed by atoms with Crippen LogP contribution in [0.3, 0.4) is 0 Å². The van der Waals surface area contributed by atoms with E-state index in [1.54, 1.807) is 6.20 Å². The van der Waals surface area contributed by atoms with Crippen LogP contribution < -0.4 is 15.5 Å². The van der Waals surface area contributed by atoms with Crippen LogP contribution in [0.15, 0.2) is 83.4 Å². The van der Waals surface area contributed by atoms with Gasteiger partial charge in [-0.05, 0) is 91.4 Å². The van der Waals surface area contributed by atoms with Crippen LogP contribution in [0.25, 0.3) is 11.3 Å². The van der Waals surface area contributed by atoms with Crippen molar-refractivity contribution >= 4 is 46.2 Å². The highest BCUT2D eigenvalue weighted by Crippen LogP contribution is 2.43. The van der Waals surface area contributed by atoms with Gasteiger partial charge in [-0.15, -0.1) is 0 Å². The highest BCUT2D eigenvalue weighted by Gasteiger charge is 2.42. The summed E-state index contributed by atoms with van der Waals surface area (Å²) in [5.41, 5.74) is 4.25. The maximum atomic E-state index is 12.0. The molecular formula is C28H25ClN4O3S. The molecule has 0 radical (unpaired) electrons. The van der Waals surface area contributed by atoms with Crippen molar-refractivity contribution in [2.24, 2.45) is 0 Å². The molecule has 0 saturated carbocycles. The van der Waals surface area contributed by atoms with Crippen LogP contribution in [0.4, 0.5) is 11.4 Å². The summed E-state index contributed by atoms with van der Waals surface area (Å²) in [6.07, 6.45) is 1.77. The van der Waals surface area contributed by atoms with E-state index in [0.717, 1.165) is 34.0 Å². The van der Waals surface area contributed by atoms with E-state index in [2.05, 4.69) is 15.6 Å². The summed E-state index contributed by atoms with van der Waals surface area (Å²) in [6.45, 7) is 1.93. The molecule has 2 aromatic heterocycles. The Balaban J connectivity index is 1.53. The molecule has 1 aliphatic heterocycles. The number of hydrogen-bond acceptors (Lipinski definition) is 5. The number of amides is 1. The first-order valence-electron chi connectivity index (χ1n) is 11.7. The zero-order valence-electron chi connectivity index (χ0n) is 20.3. The van der Waals surface area contributed by atoms with Gasteiger partial charge < -0.3 is 24.7 Å². The molecule has 0 unspecified atom stereocenters. The van der Waals surface area contributed by atoms with Crippen LogP contribution in [0.2, 0.25) is 5.02 Å². The minimum Gasteiger partial charge on any atom is -0.459 e. The van der Waals surface area contributed by atoms with Crippen molar-refractivity contribution in [1.29, 1.82) is 0 Å². The topological polar surface area (TPSA) is 79.6 Å². The maximum Gasteiger partial charge on any atom is 0.250 e. The number of thiocarbonyl (C=S) groups is 1. The van der Waals surface area contributed by atoms with Gasteiger partial charge in [0.25, 0.3) is 0 Å². The molecule has 0 spiro atoms. The average Bonchev–Trinajstić information content (AvgIpc) is 3.51. The van der Waals surface area contributed by atoms with Gasteiger partial charge in [-0.25, -0.2) is 0 Å². The van der Waals surface area contributed by atoms with Gasteiger partial charge in [0.05, 0.1) is 11.7 Å². The number of carbonyl (C=O) groups excluding carboxylic acids is 1. The van der Waals surface area contributed by atoms with Crippen molar-refractivity contribution in [3.63, 3.8) is 0 Å². The van der Waals surface area contributed by atoms with E-state index in [1.165, 1.54) is 7.11 Å². The molecule has 5 rings (SSSR count). The Morgan fingerprint density at radius 2 is 1.97 bits per heavy atom.